The third-order valence-corrected chi connectivity index (χ3v) is 3.79. The van der Waals surface area contributed by atoms with Gasteiger partial charge in [0.15, 0.2) is 0 Å². The lowest BCUT2D eigenvalue weighted by Gasteiger charge is -2.31. The van der Waals surface area contributed by atoms with Crippen LogP contribution in [-0.4, -0.2) is 50.3 Å². The van der Waals surface area contributed by atoms with Crippen molar-refractivity contribution in [2.45, 2.75) is 25.2 Å². The maximum Gasteiger partial charge on any atom is 0.251 e. The Morgan fingerprint density at radius 3 is 2.77 bits per heavy atom. The van der Waals surface area contributed by atoms with Gasteiger partial charge >= 0.3 is 0 Å². The highest BCUT2D eigenvalue weighted by Crippen LogP contribution is 2.09. The van der Waals surface area contributed by atoms with E-state index in [9.17, 15) is 9.00 Å². The van der Waals surface area contributed by atoms with Crippen LogP contribution in [-0.2, 0) is 15.6 Å². The van der Waals surface area contributed by atoms with Gasteiger partial charge in [-0.25, -0.2) is 0 Å². The van der Waals surface area contributed by atoms with Crippen LogP contribution in [0, 0.1) is 0 Å². The highest BCUT2D eigenvalue weighted by molar-refractivity contribution is 7.85. The largest absolute Gasteiger partial charge is 0.384 e. The van der Waals surface area contributed by atoms with Gasteiger partial charge in [0.25, 0.3) is 5.91 Å². The summed E-state index contributed by atoms with van der Waals surface area (Å²) < 4.78 is 11.2. The molecule has 13 heavy (non-hydrogen) atoms. The molecule has 0 aromatic heterocycles. The van der Waals surface area contributed by atoms with Crippen molar-refractivity contribution in [1.82, 2.24) is 4.90 Å². The van der Waals surface area contributed by atoms with E-state index in [2.05, 4.69) is 0 Å². The SMILES string of the molecule is CC1CN(C(=O)[C@H](C)O)CCS1=O. The van der Waals surface area contributed by atoms with E-state index in [4.69, 9.17) is 5.11 Å². The lowest BCUT2D eigenvalue weighted by molar-refractivity contribution is -0.139. The molecule has 3 atom stereocenters. The van der Waals surface area contributed by atoms with Crippen LogP contribution < -0.4 is 0 Å². The second-order valence-electron chi connectivity index (χ2n) is 3.36. The smallest absolute Gasteiger partial charge is 0.251 e. The van der Waals surface area contributed by atoms with Gasteiger partial charge in [-0.3, -0.25) is 9.00 Å². The van der Waals surface area contributed by atoms with Crippen molar-refractivity contribution >= 4 is 16.7 Å². The van der Waals surface area contributed by atoms with E-state index < -0.39 is 16.9 Å². The van der Waals surface area contributed by atoms with Gasteiger partial charge in [-0.15, -0.1) is 0 Å². The Morgan fingerprint density at radius 2 is 2.31 bits per heavy atom. The van der Waals surface area contributed by atoms with Crippen LogP contribution in [0.25, 0.3) is 0 Å². The van der Waals surface area contributed by atoms with Crippen molar-refractivity contribution in [3.63, 3.8) is 0 Å². The molecule has 0 aromatic rings. The Labute approximate surface area is 80.4 Å². The second kappa shape index (κ2) is 4.19. The van der Waals surface area contributed by atoms with E-state index in [1.165, 1.54) is 6.92 Å². The zero-order valence-electron chi connectivity index (χ0n) is 7.90. The Morgan fingerprint density at radius 1 is 1.69 bits per heavy atom. The molecule has 0 saturated carbocycles. The number of nitrogens with zero attached hydrogens (tertiary/aromatic N) is 1. The van der Waals surface area contributed by atoms with E-state index >= 15 is 0 Å². The summed E-state index contributed by atoms with van der Waals surface area (Å²) >= 11 is 0. The fraction of sp³-hybridized carbons (Fsp3) is 0.875. The third kappa shape index (κ3) is 2.51. The molecule has 1 aliphatic rings. The summed E-state index contributed by atoms with van der Waals surface area (Å²) in [5, 5.41) is 9.08. The zero-order chi connectivity index (χ0) is 10.0. The number of rotatable bonds is 1. The van der Waals surface area contributed by atoms with Gasteiger partial charge in [0.05, 0.1) is 0 Å². The minimum Gasteiger partial charge on any atom is -0.384 e. The average molecular weight is 205 g/mol. The average Bonchev–Trinajstić information content (AvgIpc) is 2.08. The standard InChI is InChI=1S/C8H15NO3S/c1-6-5-9(3-4-13(6)12)8(11)7(2)10/h6-7,10H,3-5H2,1-2H3/t6?,7-,13?/m0/s1. The summed E-state index contributed by atoms with van der Waals surface area (Å²) in [7, 11) is -0.811. The summed E-state index contributed by atoms with van der Waals surface area (Å²) in [4.78, 5) is 12.9. The van der Waals surface area contributed by atoms with Gasteiger partial charge in [0.2, 0.25) is 0 Å². The minimum absolute atomic E-state index is 0.0245. The molecule has 0 radical (unpaired) electrons. The van der Waals surface area contributed by atoms with E-state index in [-0.39, 0.29) is 11.2 Å². The lowest BCUT2D eigenvalue weighted by Crippen LogP contribution is -2.48. The maximum absolute atomic E-state index is 11.3. The first kappa shape index (κ1) is 10.7. The van der Waals surface area contributed by atoms with Crippen LogP contribution in [0.5, 0.6) is 0 Å². The topological polar surface area (TPSA) is 57.6 Å². The Hall–Kier alpha value is -0.420. The summed E-state index contributed by atoms with van der Waals surface area (Å²) in [6.45, 7) is 4.31. The highest BCUT2D eigenvalue weighted by atomic mass is 32.2. The summed E-state index contributed by atoms with van der Waals surface area (Å²) in [5.74, 6) is 0.267. The molecule has 2 unspecified atom stereocenters. The van der Waals surface area contributed by atoms with E-state index in [1.54, 1.807) is 4.90 Å². The first-order valence-corrected chi connectivity index (χ1v) is 5.74. The molecule has 1 aliphatic heterocycles. The van der Waals surface area contributed by atoms with Crippen LogP contribution in [0.4, 0.5) is 0 Å². The molecule has 0 bridgehead atoms. The number of carbonyl (C=O) groups excluding carboxylic acids is 1. The first-order chi connectivity index (χ1) is 6.02. The van der Waals surface area contributed by atoms with E-state index in [0.717, 1.165) is 0 Å². The summed E-state index contributed by atoms with van der Waals surface area (Å²) in [6.07, 6.45) is -0.946. The van der Waals surface area contributed by atoms with Gasteiger partial charge in [0, 0.05) is 34.9 Å². The van der Waals surface area contributed by atoms with Crippen LogP contribution in [0.3, 0.4) is 0 Å². The third-order valence-electron chi connectivity index (χ3n) is 2.16. The number of aliphatic hydroxyl groups is 1. The molecule has 76 valence electrons. The predicted molar refractivity (Wildman–Crippen MR) is 50.7 cm³/mol. The fourth-order valence-corrected chi connectivity index (χ4v) is 2.50. The highest BCUT2D eigenvalue weighted by Gasteiger charge is 2.27. The van der Waals surface area contributed by atoms with Crippen molar-refractivity contribution in [1.29, 1.82) is 0 Å². The molecule has 4 nitrogen and oxygen atoms in total. The molecule has 1 saturated heterocycles. The predicted octanol–water partition coefficient (Wildman–Crippen LogP) is -0.653. The number of carbonyl (C=O) groups is 1. The first-order valence-electron chi connectivity index (χ1n) is 4.36. The summed E-state index contributed by atoms with van der Waals surface area (Å²) in [6, 6.07) is 0. The molecular formula is C8H15NO3S. The Bertz CT molecular complexity index is 229. The van der Waals surface area contributed by atoms with Crippen LogP contribution in [0.1, 0.15) is 13.8 Å². The van der Waals surface area contributed by atoms with Gasteiger partial charge < -0.3 is 10.0 Å². The number of aliphatic hydroxyl groups excluding tert-OH is 1. The molecule has 1 amide bonds. The van der Waals surface area contributed by atoms with Gasteiger partial charge in [-0.2, -0.15) is 0 Å². The molecule has 1 N–H and O–H groups in total. The van der Waals surface area contributed by atoms with Crippen LogP contribution >= 0.6 is 0 Å². The molecule has 5 heteroatoms. The van der Waals surface area contributed by atoms with Gasteiger partial charge in [0.1, 0.15) is 6.10 Å². The molecular weight excluding hydrogens is 190 g/mol. The normalized spacial score (nSPS) is 31.5. The van der Waals surface area contributed by atoms with Crippen molar-refractivity contribution < 1.29 is 14.1 Å². The van der Waals surface area contributed by atoms with Crippen LogP contribution in [0.2, 0.25) is 0 Å². The quantitative estimate of drug-likeness (QED) is 0.618. The van der Waals surface area contributed by atoms with Gasteiger partial charge in [-0.05, 0) is 13.8 Å². The Balaban J connectivity index is 2.55. The van der Waals surface area contributed by atoms with Crippen molar-refractivity contribution in [3.8, 4) is 0 Å². The van der Waals surface area contributed by atoms with Crippen molar-refractivity contribution in [2.24, 2.45) is 0 Å². The molecule has 1 fully saturated rings. The van der Waals surface area contributed by atoms with Crippen molar-refractivity contribution in [2.75, 3.05) is 18.8 Å². The minimum atomic E-state index is -0.946. The van der Waals surface area contributed by atoms with Crippen LogP contribution in [0.15, 0.2) is 0 Å². The molecule has 0 spiro atoms. The molecule has 1 rings (SSSR count). The second-order valence-corrected chi connectivity index (χ2v) is 5.33. The zero-order valence-corrected chi connectivity index (χ0v) is 8.71. The fourth-order valence-electron chi connectivity index (χ4n) is 1.35. The number of hydrogen-bond donors (Lipinski definition) is 1. The molecule has 0 aromatic carbocycles. The number of hydrogen-bond acceptors (Lipinski definition) is 3. The van der Waals surface area contributed by atoms with E-state index in [1.807, 2.05) is 6.92 Å². The van der Waals surface area contributed by atoms with Crippen molar-refractivity contribution in [3.05, 3.63) is 0 Å². The van der Waals surface area contributed by atoms with Gasteiger partial charge in [-0.1, -0.05) is 0 Å². The maximum atomic E-state index is 11.3. The monoisotopic (exact) mass is 205 g/mol. The lowest BCUT2D eigenvalue weighted by atomic mass is 10.3. The summed E-state index contributed by atoms with van der Waals surface area (Å²) in [5.41, 5.74) is 0. The Kier molecular flexibility index (Phi) is 3.44. The van der Waals surface area contributed by atoms with E-state index in [0.29, 0.717) is 18.8 Å². The molecule has 1 heterocycles. The molecule has 0 aliphatic carbocycles. The number of amides is 1.